The van der Waals surface area contributed by atoms with Gasteiger partial charge in [0.25, 0.3) is 0 Å². The number of nitrogens with one attached hydrogen (secondary N) is 1. The molecule has 2 saturated heterocycles. The van der Waals surface area contributed by atoms with Crippen LogP contribution in [0.5, 0.6) is 11.5 Å². The van der Waals surface area contributed by atoms with E-state index in [-0.39, 0.29) is 24.5 Å². The van der Waals surface area contributed by atoms with Gasteiger partial charge in [0.1, 0.15) is 55.8 Å². The number of ether oxygens (including phenoxy) is 5. The van der Waals surface area contributed by atoms with Crippen LogP contribution in [0.15, 0.2) is 65.8 Å². The maximum atomic E-state index is 15.0. The smallest absolute Gasteiger partial charge is 0.247 e. The molecular formula is C31H36FNO10. The molecule has 11 nitrogen and oxygen atoms in total. The van der Waals surface area contributed by atoms with Gasteiger partial charge in [-0.05, 0) is 61.4 Å². The molecule has 12 heteroatoms. The molecule has 43 heavy (non-hydrogen) atoms. The van der Waals surface area contributed by atoms with Crippen LogP contribution in [0.1, 0.15) is 25.8 Å². The number of benzene rings is 2. The molecule has 3 aliphatic rings. The first-order chi connectivity index (χ1) is 20.6. The van der Waals surface area contributed by atoms with E-state index in [2.05, 4.69) is 5.32 Å². The maximum absolute atomic E-state index is 15.0. The average Bonchev–Trinajstić information content (AvgIpc) is 3.63. The first-order valence-corrected chi connectivity index (χ1v) is 14.0. The highest BCUT2D eigenvalue weighted by Crippen LogP contribution is 2.31. The van der Waals surface area contributed by atoms with Crippen LogP contribution in [-0.4, -0.2) is 94.8 Å². The monoisotopic (exact) mass is 601 g/mol. The Kier molecular flexibility index (Phi) is 9.77. The van der Waals surface area contributed by atoms with Crippen LogP contribution < -0.4 is 14.8 Å². The van der Waals surface area contributed by atoms with E-state index in [1.807, 2.05) is 43.3 Å². The van der Waals surface area contributed by atoms with Gasteiger partial charge in [-0.15, -0.1) is 0 Å². The number of aliphatic hydroxyl groups is 4. The van der Waals surface area contributed by atoms with Gasteiger partial charge in [0.05, 0.1) is 12.1 Å². The molecule has 3 fully saturated rings. The molecule has 2 aromatic rings. The lowest BCUT2D eigenvalue weighted by molar-refractivity contribution is -0.155. The van der Waals surface area contributed by atoms with Gasteiger partial charge in [-0.25, -0.2) is 4.39 Å². The van der Waals surface area contributed by atoms with Crippen molar-refractivity contribution >= 4 is 12.0 Å². The number of halogens is 1. The number of carbonyl (C=O) groups is 1. The van der Waals surface area contributed by atoms with Crippen molar-refractivity contribution in [2.24, 2.45) is 0 Å². The molecule has 0 aromatic heterocycles. The Morgan fingerprint density at radius 3 is 2.47 bits per heavy atom. The number of carbonyl (C=O) groups excluding carboxylic acids is 1. The topological polar surface area (TPSA) is 156 Å². The summed E-state index contributed by atoms with van der Waals surface area (Å²) in [7, 11) is 0. The first kappa shape index (κ1) is 31.1. The Morgan fingerprint density at radius 2 is 1.74 bits per heavy atom. The SMILES string of the molecule is C/C(=C\c1ccc(O[C@H]2C[C@H](O)[C@@H](/C(C)=C/COc3ccccc3)O2)c(F)c1)C(=O)N[C@@H]1[C@H](O)[C@@H](O)[C@H]2OCO[C@H]2[C@@H]1O. The summed E-state index contributed by atoms with van der Waals surface area (Å²) in [6, 6.07) is 12.2. The number of aliphatic hydroxyl groups excluding tert-OH is 4. The van der Waals surface area contributed by atoms with E-state index in [0.29, 0.717) is 12.2 Å². The largest absolute Gasteiger partial charge is 0.490 e. The number of amides is 1. The third kappa shape index (κ3) is 7.07. The number of fused-ring (bicyclic) bond motifs is 1. The van der Waals surface area contributed by atoms with Gasteiger partial charge in [-0.1, -0.05) is 24.3 Å². The minimum atomic E-state index is -1.48. The molecular weight excluding hydrogens is 565 g/mol. The van der Waals surface area contributed by atoms with Crippen molar-refractivity contribution < 1.29 is 53.3 Å². The summed E-state index contributed by atoms with van der Waals surface area (Å²) < 4.78 is 42.7. The Hall–Kier alpha value is -3.36. The van der Waals surface area contributed by atoms with E-state index in [0.717, 1.165) is 11.3 Å². The van der Waals surface area contributed by atoms with Crippen molar-refractivity contribution in [2.75, 3.05) is 13.4 Å². The van der Waals surface area contributed by atoms with E-state index >= 15 is 0 Å². The van der Waals surface area contributed by atoms with E-state index in [1.165, 1.54) is 25.1 Å². The first-order valence-electron chi connectivity index (χ1n) is 14.0. The Bertz CT molecular complexity index is 1340. The summed E-state index contributed by atoms with van der Waals surface area (Å²) in [5, 5.41) is 44.3. The van der Waals surface area contributed by atoms with E-state index in [1.54, 1.807) is 6.07 Å². The van der Waals surface area contributed by atoms with Crippen molar-refractivity contribution in [1.82, 2.24) is 5.32 Å². The van der Waals surface area contributed by atoms with Gasteiger partial charge in [-0.3, -0.25) is 4.79 Å². The van der Waals surface area contributed by atoms with Crippen LogP contribution in [0, 0.1) is 5.82 Å². The second-order valence-electron chi connectivity index (χ2n) is 10.8. The molecule has 1 saturated carbocycles. The molecule has 232 valence electrons. The highest BCUT2D eigenvalue weighted by atomic mass is 19.1. The molecule has 0 spiro atoms. The molecule has 5 rings (SSSR count). The van der Waals surface area contributed by atoms with Gasteiger partial charge in [-0.2, -0.15) is 0 Å². The second kappa shape index (κ2) is 13.5. The molecule has 1 amide bonds. The zero-order chi connectivity index (χ0) is 30.7. The Balaban J connectivity index is 1.16. The van der Waals surface area contributed by atoms with Crippen molar-refractivity contribution in [3.8, 4) is 11.5 Å². The fourth-order valence-electron chi connectivity index (χ4n) is 5.40. The van der Waals surface area contributed by atoms with Crippen LogP contribution in [0.3, 0.4) is 0 Å². The fraction of sp³-hybridized carbons (Fsp3) is 0.452. The number of rotatable bonds is 9. The van der Waals surface area contributed by atoms with Crippen molar-refractivity contribution in [2.45, 2.75) is 75.3 Å². The van der Waals surface area contributed by atoms with Gasteiger partial charge in [0, 0.05) is 12.0 Å². The second-order valence-corrected chi connectivity index (χ2v) is 10.8. The molecule has 0 bridgehead atoms. The zero-order valence-electron chi connectivity index (χ0n) is 23.7. The van der Waals surface area contributed by atoms with E-state index in [4.69, 9.17) is 23.7 Å². The molecule has 2 aliphatic heterocycles. The third-order valence-electron chi connectivity index (χ3n) is 7.79. The summed E-state index contributed by atoms with van der Waals surface area (Å²) in [5.74, 6) is -0.690. The maximum Gasteiger partial charge on any atom is 0.247 e. The highest BCUT2D eigenvalue weighted by Gasteiger charge is 2.53. The number of hydrogen-bond acceptors (Lipinski definition) is 10. The van der Waals surface area contributed by atoms with Crippen LogP contribution in [0.4, 0.5) is 4.39 Å². The minimum absolute atomic E-state index is 0.0816. The molecule has 5 N–H and O–H groups in total. The summed E-state index contributed by atoms with van der Waals surface area (Å²) in [5.41, 5.74) is 1.28. The summed E-state index contributed by atoms with van der Waals surface area (Å²) in [6.07, 6.45) is -4.92. The van der Waals surface area contributed by atoms with Crippen molar-refractivity contribution in [3.05, 3.63) is 77.1 Å². The lowest BCUT2D eigenvalue weighted by Crippen LogP contribution is -2.67. The van der Waals surface area contributed by atoms with Crippen molar-refractivity contribution in [3.63, 3.8) is 0 Å². The summed E-state index contributed by atoms with van der Waals surface area (Å²) >= 11 is 0. The average molecular weight is 602 g/mol. The van der Waals surface area contributed by atoms with Crippen LogP contribution in [0.25, 0.3) is 6.08 Å². The quantitative estimate of drug-likeness (QED) is 0.211. The lowest BCUT2D eigenvalue weighted by atomic mass is 9.83. The highest BCUT2D eigenvalue weighted by molar-refractivity contribution is 5.97. The van der Waals surface area contributed by atoms with Gasteiger partial charge in [0.2, 0.25) is 12.2 Å². The molecule has 1 aliphatic carbocycles. The van der Waals surface area contributed by atoms with Crippen molar-refractivity contribution in [1.29, 1.82) is 0 Å². The van der Waals surface area contributed by atoms with E-state index < -0.39 is 66.8 Å². The van der Waals surface area contributed by atoms with Gasteiger partial charge < -0.3 is 49.4 Å². The minimum Gasteiger partial charge on any atom is -0.490 e. The van der Waals surface area contributed by atoms with Crippen LogP contribution in [-0.2, 0) is 19.0 Å². The summed E-state index contributed by atoms with van der Waals surface area (Å²) in [4.78, 5) is 12.8. The zero-order valence-corrected chi connectivity index (χ0v) is 23.7. The molecule has 9 atom stereocenters. The van der Waals surface area contributed by atoms with Gasteiger partial charge in [0.15, 0.2) is 11.6 Å². The van der Waals surface area contributed by atoms with Crippen LogP contribution >= 0.6 is 0 Å². The number of para-hydroxylation sites is 1. The third-order valence-corrected chi connectivity index (χ3v) is 7.79. The van der Waals surface area contributed by atoms with Crippen LogP contribution in [0.2, 0.25) is 0 Å². The fourth-order valence-corrected chi connectivity index (χ4v) is 5.40. The Labute approximate surface area is 248 Å². The Morgan fingerprint density at radius 1 is 1.02 bits per heavy atom. The number of hydrogen-bond donors (Lipinski definition) is 5. The van der Waals surface area contributed by atoms with E-state index in [9.17, 15) is 29.6 Å². The molecule has 2 aromatic carbocycles. The molecule has 2 heterocycles. The normalized spacial score (nSPS) is 32.8. The standard InChI is InChI=1S/C31H36FNO10/c1-16(10-11-39-19-6-4-3-5-7-19)28-21(34)14-23(43-28)42-22-9-8-18(13-20(22)32)12-17(2)31(38)33-24-25(35)27(37)30-29(26(24)36)40-15-41-30/h3-10,12-13,21,23-30,34-37H,11,14-15H2,1-2H3,(H,33,38)/b16-10+,17-12+/t21-,23+,24+,25-,26+,27+,28+,29-,30+/m0/s1. The lowest BCUT2D eigenvalue weighted by Gasteiger charge is -2.41. The molecule has 0 radical (unpaired) electrons. The summed E-state index contributed by atoms with van der Waals surface area (Å²) in [6.45, 7) is 3.46. The predicted octanol–water partition coefficient (Wildman–Crippen LogP) is 1.43. The predicted molar refractivity (Wildman–Crippen MR) is 150 cm³/mol. The molecule has 0 unspecified atom stereocenters. The van der Waals surface area contributed by atoms with Gasteiger partial charge >= 0.3 is 0 Å².